The smallest absolute Gasteiger partial charge is 0.225 e. The molecule has 2 aliphatic heterocycles. The minimum absolute atomic E-state index is 0.0433. The molecule has 9 heteroatoms. The summed E-state index contributed by atoms with van der Waals surface area (Å²) in [7, 11) is 0. The molecule has 2 atom stereocenters. The summed E-state index contributed by atoms with van der Waals surface area (Å²) in [5.74, 6) is -3.71. The summed E-state index contributed by atoms with van der Waals surface area (Å²) < 4.78 is 46.5. The van der Waals surface area contributed by atoms with Crippen LogP contribution >= 0.6 is 0 Å². The molecule has 176 valence electrons. The van der Waals surface area contributed by atoms with Gasteiger partial charge in [-0.05, 0) is 50.0 Å². The van der Waals surface area contributed by atoms with Crippen LogP contribution in [0.15, 0.2) is 36.2 Å². The van der Waals surface area contributed by atoms with Crippen molar-refractivity contribution in [3.63, 3.8) is 0 Å². The number of likely N-dealkylation sites (tertiary alicyclic amines) is 2. The normalized spacial score (nSPS) is 23.6. The van der Waals surface area contributed by atoms with Gasteiger partial charge in [0.2, 0.25) is 5.91 Å². The Morgan fingerprint density at radius 3 is 2.34 bits per heavy atom. The molecular formula is C23H31F3N4O2. The fourth-order valence-corrected chi connectivity index (χ4v) is 4.43. The number of benzene rings is 1. The third-order valence-corrected chi connectivity index (χ3v) is 6.24. The number of amides is 1. The summed E-state index contributed by atoms with van der Waals surface area (Å²) in [5.41, 5.74) is 12.0. The summed E-state index contributed by atoms with van der Waals surface area (Å²) in [5, 5.41) is 0. The van der Waals surface area contributed by atoms with Gasteiger partial charge in [0.05, 0.1) is 0 Å². The summed E-state index contributed by atoms with van der Waals surface area (Å²) in [6.07, 6.45) is 6.30. The van der Waals surface area contributed by atoms with E-state index in [1.165, 1.54) is 12.4 Å². The van der Waals surface area contributed by atoms with Crippen LogP contribution in [0.2, 0.25) is 0 Å². The number of rotatable bonds is 6. The molecule has 1 amide bonds. The molecule has 0 saturated carbocycles. The van der Waals surface area contributed by atoms with Crippen LogP contribution in [0, 0.1) is 29.3 Å². The summed E-state index contributed by atoms with van der Waals surface area (Å²) in [6.45, 7) is 5.09. The number of carbonyl (C=O) groups is 1. The Hall–Kier alpha value is -2.68. The highest BCUT2D eigenvalue weighted by Crippen LogP contribution is 2.30. The molecule has 6 nitrogen and oxygen atoms in total. The number of piperidine rings is 2. The van der Waals surface area contributed by atoms with E-state index in [1.54, 1.807) is 6.08 Å². The topological polar surface area (TPSA) is 84.8 Å². The highest BCUT2D eigenvalue weighted by Gasteiger charge is 2.35. The lowest BCUT2D eigenvalue weighted by Crippen LogP contribution is -2.50. The standard InChI is InChI=1S/C23H31F3N4O2/c1-15-13-30(9-5-21(15)32-22-19(25)10-18(24)11-20(22)26)23(31)17-3-7-29(8-4-17)14-16(12-28)2-6-27/h2,6,10-12,15,17,21H,3-5,7-9,13-14,27-28H2,1H3/b6-2-,16-12+. The van der Waals surface area contributed by atoms with Crippen molar-refractivity contribution < 1.29 is 22.7 Å². The van der Waals surface area contributed by atoms with Crippen LogP contribution in [0.1, 0.15) is 26.2 Å². The molecular weight excluding hydrogens is 421 g/mol. The van der Waals surface area contributed by atoms with Gasteiger partial charge >= 0.3 is 0 Å². The SMILES string of the molecule is CC1CN(C(=O)C2CCN(CC(/C=C\N)=C/N)CC2)CCC1Oc1c(F)cc(F)cc1F. The molecule has 0 spiro atoms. The third-order valence-electron chi connectivity index (χ3n) is 6.24. The number of carbonyl (C=O) groups excluding carboxylic acids is 1. The van der Waals surface area contributed by atoms with Crippen LogP contribution in [0.4, 0.5) is 13.2 Å². The van der Waals surface area contributed by atoms with Crippen molar-refractivity contribution in [3.8, 4) is 5.75 Å². The van der Waals surface area contributed by atoms with Crippen molar-refractivity contribution in [2.24, 2.45) is 23.3 Å². The van der Waals surface area contributed by atoms with Gasteiger partial charge in [-0.15, -0.1) is 0 Å². The van der Waals surface area contributed by atoms with E-state index in [2.05, 4.69) is 4.90 Å². The number of nitrogens with zero attached hydrogens (tertiary/aromatic N) is 2. The lowest BCUT2D eigenvalue weighted by Gasteiger charge is -2.40. The molecule has 2 aliphatic rings. The van der Waals surface area contributed by atoms with Crippen LogP contribution in [0.5, 0.6) is 5.75 Å². The number of nitrogens with two attached hydrogens (primary N) is 2. The van der Waals surface area contributed by atoms with Crippen molar-refractivity contribution in [2.75, 3.05) is 32.7 Å². The molecule has 2 fully saturated rings. The van der Waals surface area contributed by atoms with Crippen LogP contribution < -0.4 is 16.2 Å². The van der Waals surface area contributed by atoms with E-state index in [9.17, 15) is 18.0 Å². The summed E-state index contributed by atoms with van der Waals surface area (Å²) >= 11 is 0. The van der Waals surface area contributed by atoms with Gasteiger partial charge in [0.25, 0.3) is 0 Å². The van der Waals surface area contributed by atoms with E-state index in [1.807, 2.05) is 11.8 Å². The Kier molecular flexibility index (Phi) is 8.06. The van der Waals surface area contributed by atoms with Crippen LogP contribution in [0.25, 0.3) is 0 Å². The molecule has 0 bridgehead atoms. The van der Waals surface area contributed by atoms with Gasteiger partial charge in [0.1, 0.15) is 11.9 Å². The molecule has 4 N–H and O–H groups in total. The van der Waals surface area contributed by atoms with Gasteiger partial charge in [-0.3, -0.25) is 9.69 Å². The van der Waals surface area contributed by atoms with E-state index < -0.39 is 29.3 Å². The first-order valence-corrected chi connectivity index (χ1v) is 10.9. The van der Waals surface area contributed by atoms with Gasteiger partial charge in [0.15, 0.2) is 17.4 Å². The van der Waals surface area contributed by atoms with Gasteiger partial charge < -0.3 is 21.1 Å². The van der Waals surface area contributed by atoms with Gasteiger partial charge in [0, 0.05) is 50.0 Å². The average molecular weight is 453 g/mol. The fraction of sp³-hybridized carbons (Fsp3) is 0.522. The molecule has 0 radical (unpaired) electrons. The second kappa shape index (κ2) is 10.8. The zero-order chi connectivity index (χ0) is 23.3. The molecule has 2 heterocycles. The second-order valence-corrected chi connectivity index (χ2v) is 8.56. The Balaban J connectivity index is 1.51. The predicted molar refractivity (Wildman–Crippen MR) is 116 cm³/mol. The minimum atomic E-state index is -1.06. The summed E-state index contributed by atoms with van der Waals surface area (Å²) in [6, 6.07) is 1.21. The Bertz CT molecular complexity index is 846. The first kappa shape index (κ1) is 24.0. The van der Waals surface area contributed by atoms with Crippen LogP contribution in [-0.2, 0) is 4.79 Å². The number of hydrogen-bond donors (Lipinski definition) is 2. The minimum Gasteiger partial charge on any atom is -0.484 e. The molecule has 2 saturated heterocycles. The molecule has 1 aromatic rings. The van der Waals surface area contributed by atoms with Gasteiger partial charge in [-0.1, -0.05) is 6.92 Å². The van der Waals surface area contributed by atoms with E-state index in [0.717, 1.165) is 31.5 Å². The maximum Gasteiger partial charge on any atom is 0.225 e. The predicted octanol–water partition coefficient (Wildman–Crippen LogP) is 2.75. The molecule has 32 heavy (non-hydrogen) atoms. The first-order valence-electron chi connectivity index (χ1n) is 10.9. The number of hydrogen-bond acceptors (Lipinski definition) is 5. The van der Waals surface area contributed by atoms with Crippen LogP contribution in [0.3, 0.4) is 0 Å². The highest BCUT2D eigenvalue weighted by atomic mass is 19.1. The molecule has 3 rings (SSSR count). The molecule has 1 aromatic carbocycles. The third kappa shape index (κ3) is 5.76. The van der Waals surface area contributed by atoms with Crippen molar-refractivity contribution in [2.45, 2.75) is 32.3 Å². The van der Waals surface area contributed by atoms with Gasteiger partial charge in [-0.2, -0.15) is 0 Å². The van der Waals surface area contributed by atoms with E-state index in [-0.39, 0.29) is 17.7 Å². The molecule has 0 aliphatic carbocycles. The van der Waals surface area contributed by atoms with E-state index in [0.29, 0.717) is 38.2 Å². The van der Waals surface area contributed by atoms with E-state index >= 15 is 0 Å². The average Bonchev–Trinajstić information content (AvgIpc) is 2.76. The number of ether oxygens (including phenoxy) is 1. The Morgan fingerprint density at radius 1 is 1.12 bits per heavy atom. The maximum absolute atomic E-state index is 13.9. The molecule has 0 aromatic heterocycles. The van der Waals surface area contributed by atoms with Crippen molar-refractivity contribution in [1.82, 2.24) is 9.80 Å². The lowest BCUT2D eigenvalue weighted by molar-refractivity contribution is -0.140. The van der Waals surface area contributed by atoms with Crippen molar-refractivity contribution in [3.05, 3.63) is 53.6 Å². The highest BCUT2D eigenvalue weighted by molar-refractivity contribution is 5.79. The summed E-state index contributed by atoms with van der Waals surface area (Å²) in [4.78, 5) is 17.1. The van der Waals surface area contributed by atoms with Crippen LogP contribution in [-0.4, -0.2) is 54.5 Å². The van der Waals surface area contributed by atoms with Gasteiger partial charge in [-0.25, -0.2) is 13.2 Å². The monoisotopic (exact) mass is 452 g/mol. The zero-order valence-corrected chi connectivity index (χ0v) is 18.3. The zero-order valence-electron chi connectivity index (χ0n) is 18.3. The largest absolute Gasteiger partial charge is 0.484 e. The second-order valence-electron chi connectivity index (χ2n) is 8.56. The Labute approximate surface area is 186 Å². The fourth-order valence-electron chi connectivity index (χ4n) is 4.43. The van der Waals surface area contributed by atoms with E-state index in [4.69, 9.17) is 16.2 Å². The lowest BCUT2D eigenvalue weighted by atomic mass is 9.91. The van der Waals surface area contributed by atoms with Crippen molar-refractivity contribution in [1.29, 1.82) is 0 Å². The maximum atomic E-state index is 13.9. The number of halogens is 3. The Morgan fingerprint density at radius 2 is 1.78 bits per heavy atom. The molecule has 2 unspecified atom stereocenters. The quantitative estimate of drug-likeness (QED) is 0.649. The first-order chi connectivity index (χ1) is 15.3. The van der Waals surface area contributed by atoms with Crippen molar-refractivity contribution >= 4 is 5.91 Å².